The van der Waals surface area contributed by atoms with Crippen molar-refractivity contribution in [3.8, 4) is 0 Å². The zero-order valence-electron chi connectivity index (χ0n) is 13.3. The van der Waals surface area contributed by atoms with E-state index < -0.39 is 0 Å². The number of carbonyl (C=O) groups excluding carboxylic acids is 1. The number of morpholine rings is 1. The van der Waals surface area contributed by atoms with E-state index in [1.165, 1.54) is 0 Å². The summed E-state index contributed by atoms with van der Waals surface area (Å²) in [5.74, 6) is 0.862. The lowest BCUT2D eigenvalue weighted by molar-refractivity contribution is -0.0124. The highest BCUT2D eigenvalue weighted by Crippen LogP contribution is 2.27. The molecule has 4 nitrogen and oxygen atoms in total. The Morgan fingerprint density at radius 1 is 1.48 bits per heavy atom. The smallest absolute Gasteiger partial charge is 0.254 e. The number of hydrogen-bond donors (Lipinski definition) is 0. The molecule has 0 bridgehead atoms. The first kappa shape index (κ1) is 16.5. The number of carbonyl (C=O) groups is 1. The molecular formula is C17H20N2O2S2. The standard InChI is InChI=1S/C17H20N2O2S2/c1-12-10-22-17(18-12)23-11-14-5-3-4-6-15(14)16(20)19-7-8-21-13(2)9-19/h3-6,10,13H,7-9,11H2,1-2H3. The summed E-state index contributed by atoms with van der Waals surface area (Å²) in [7, 11) is 0. The van der Waals surface area contributed by atoms with Gasteiger partial charge in [0, 0.05) is 35.5 Å². The minimum Gasteiger partial charge on any atom is -0.375 e. The Bertz CT molecular complexity index is 687. The maximum Gasteiger partial charge on any atom is 0.254 e. The molecule has 6 heteroatoms. The summed E-state index contributed by atoms with van der Waals surface area (Å²) in [5.41, 5.74) is 2.90. The van der Waals surface area contributed by atoms with Crippen LogP contribution in [0.4, 0.5) is 0 Å². The zero-order valence-corrected chi connectivity index (χ0v) is 15.0. The third-order valence-corrected chi connectivity index (χ3v) is 5.91. The fourth-order valence-electron chi connectivity index (χ4n) is 2.57. The summed E-state index contributed by atoms with van der Waals surface area (Å²) in [6.45, 7) is 5.94. The Labute approximate surface area is 144 Å². The van der Waals surface area contributed by atoms with Crippen LogP contribution in [-0.2, 0) is 10.5 Å². The van der Waals surface area contributed by atoms with E-state index in [2.05, 4.69) is 10.4 Å². The van der Waals surface area contributed by atoms with E-state index in [9.17, 15) is 4.79 Å². The van der Waals surface area contributed by atoms with Gasteiger partial charge in [0.1, 0.15) is 4.34 Å². The maximum atomic E-state index is 12.8. The van der Waals surface area contributed by atoms with Gasteiger partial charge in [-0.15, -0.1) is 11.3 Å². The predicted molar refractivity (Wildman–Crippen MR) is 94.2 cm³/mol. The van der Waals surface area contributed by atoms with Gasteiger partial charge in [-0.25, -0.2) is 4.98 Å². The van der Waals surface area contributed by atoms with E-state index in [1.807, 2.05) is 43.0 Å². The molecule has 1 atom stereocenters. The Balaban J connectivity index is 1.73. The number of nitrogens with zero attached hydrogens (tertiary/aromatic N) is 2. The molecule has 0 aliphatic carbocycles. The van der Waals surface area contributed by atoms with Crippen LogP contribution in [0.5, 0.6) is 0 Å². The van der Waals surface area contributed by atoms with E-state index in [0.717, 1.165) is 26.9 Å². The molecule has 122 valence electrons. The van der Waals surface area contributed by atoms with Crippen molar-refractivity contribution in [1.82, 2.24) is 9.88 Å². The SMILES string of the molecule is Cc1csc(SCc2ccccc2C(=O)N2CCOC(C)C2)n1. The summed E-state index contributed by atoms with van der Waals surface area (Å²) >= 11 is 3.34. The number of hydrogen-bond acceptors (Lipinski definition) is 5. The van der Waals surface area contributed by atoms with Crippen molar-refractivity contribution in [2.45, 2.75) is 30.0 Å². The van der Waals surface area contributed by atoms with Crippen LogP contribution in [0.25, 0.3) is 0 Å². The van der Waals surface area contributed by atoms with Crippen LogP contribution in [0.2, 0.25) is 0 Å². The van der Waals surface area contributed by atoms with E-state index in [-0.39, 0.29) is 12.0 Å². The largest absolute Gasteiger partial charge is 0.375 e. The average Bonchev–Trinajstić information content (AvgIpc) is 2.98. The number of thiazole rings is 1. The van der Waals surface area contributed by atoms with Gasteiger partial charge in [0.2, 0.25) is 0 Å². The van der Waals surface area contributed by atoms with Gasteiger partial charge in [-0.3, -0.25) is 4.79 Å². The third-order valence-electron chi connectivity index (χ3n) is 3.73. The Morgan fingerprint density at radius 3 is 3.04 bits per heavy atom. The first-order chi connectivity index (χ1) is 11.1. The average molecular weight is 348 g/mol. The highest BCUT2D eigenvalue weighted by molar-refractivity contribution is 8.00. The summed E-state index contributed by atoms with van der Waals surface area (Å²) in [6, 6.07) is 7.87. The van der Waals surface area contributed by atoms with Crippen LogP contribution in [-0.4, -0.2) is 41.6 Å². The summed E-state index contributed by atoms with van der Waals surface area (Å²) in [6.07, 6.45) is 0.104. The monoisotopic (exact) mass is 348 g/mol. The van der Waals surface area contributed by atoms with Gasteiger partial charge in [0.05, 0.1) is 12.7 Å². The molecule has 0 spiro atoms. The van der Waals surface area contributed by atoms with Crippen molar-refractivity contribution in [2.24, 2.45) is 0 Å². The molecule has 1 saturated heterocycles. The molecule has 2 heterocycles. The summed E-state index contributed by atoms with van der Waals surface area (Å²) in [4.78, 5) is 19.2. The van der Waals surface area contributed by atoms with Crippen LogP contribution in [0.3, 0.4) is 0 Å². The predicted octanol–water partition coefficient (Wildman–Crippen LogP) is 3.60. The maximum absolute atomic E-state index is 12.8. The van der Waals surface area contributed by atoms with E-state index >= 15 is 0 Å². The third kappa shape index (κ3) is 4.13. The normalized spacial score (nSPS) is 18.2. The molecule has 1 aliphatic heterocycles. The lowest BCUT2D eigenvalue weighted by atomic mass is 10.1. The van der Waals surface area contributed by atoms with E-state index in [0.29, 0.717) is 19.7 Å². The van der Waals surface area contributed by atoms with Gasteiger partial charge in [-0.2, -0.15) is 0 Å². The minimum absolute atomic E-state index is 0.103. The molecule has 0 N–H and O–H groups in total. The molecule has 0 saturated carbocycles. The van der Waals surface area contributed by atoms with Crippen LogP contribution in [0, 0.1) is 6.92 Å². The fourth-order valence-corrected chi connectivity index (χ4v) is 4.42. The van der Waals surface area contributed by atoms with E-state index in [4.69, 9.17) is 4.74 Å². The summed E-state index contributed by atoms with van der Waals surface area (Å²) < 4.78 is 6.57. The minimum atomic E-state index is 0.103. The Hall–Kier alpha value is -1.37. The van der Waals surface area contributed by atoms with Gasteiger partial charge in [-0.1, -0.05) is 30.0 Å². The molecule has 1 unspecified atom stereocenters. The quantitative estimate of drug-likeness (QED) is 0.792. The van der Waals surface area contributed by atoms with Crippen LogP contribution in [0.15, 0.2) is 34.0 Å². The van der Waals surface area contributed by atoms with E-state index in [1.54, 1.807) is 23.1 Å². The highest BCUT2D eigenvalue weighted by Gasteiger charge is 2.24. The first-order valence-electron chi connectivity index (χ1n) is 7.67. The lowest BCUT2D eigenvalue weighted by Gasteiger charge is -2.31. The molecular weight excluding hydrogens is 328 g/mol. The second kappa shape index (κ2) is 7.47. The highest BCUT2D eigenvalue weighted by atomic mass is 32.2. The van der Waals surface area contributed by atoms with Crippen molar-refractivity contribution < 1.29 is 9.53 Å². The van der Waals surface area contributed by atoms with Gasteiger partial charge in [0.15, 0.2) is 0 Å². The van der Waals surface area contributed by atoms with Gasteiger partial charge in [0.25, 0.3) is 5.91 Å². The first-order valence-corrected chi connectivity index (χ1v) is 9.53. The molecule has 23 heavy (non-hydrogen) atoms. The molecule has 1 aromatic heterocycles. The van der Waals surface area contributed by atoms with Gasteiger partial charge >= 0.3 is 0 Å². The number of thioether (sulfide) groups is 1. The van der Waals surface area contributed by atoms with Crippen molar-refractivity contribution in [1.29, 1.82) is 0 Å². The van der Waals surface area contributed by atoms with Crippen molar-refractivity contribution >= 4 is 29.0 Å². The molecule has 0 radical (unpaired) electrons. The number of ether oxygens (including phenoxy) is 1. The Morgan fingerprint density at radius 2 is 2.30 bits per heavy atom. The second-order valence-corrected chi connectivity index (χ2v) is 7.71. The fraction of sp³-hybridized carbons (Fsp3) is 0.412. The number of aryl methyl sites for hydroxylation is 1. The van der Waals surface area contributed by atoms with Crippen molar-refractivity contribution in [3.63, 3.8) is 0 Å². The van der Waals surface area contributed by atoms with Crippen molar-refractivity contribution in [3.05, 3.63) is 46.5 Å². The van der Waals surface area contributed by atoms with Gasteiger partial charge in [-0.05, 0) is 25.5 Å². The molecule has 1 amide bonds. The molecule has 1 aromatic carbocycles. The topological polar surface area (TPSA) is 42.4 Å². The second-order valence-electron chi connectivity index (χ2n) is 5.63. The van der Waals surface area contributed by atoms with Crippen LogP contribution < -0.4 is 0 Å². The number of rotatable bonds is 4. The molecule has 1 fully saturated rings. The van der Waals surface area contributed by atoms with Crippen molar-refractivity contribution in [2.75, 3.05) is 19.7 Å². The molecule has 1 aliphatic rings. The summed E-state index contributed by atoms with van der Waals surface area (Å²) in [5, 5.41) is 2.05. The van der Waals surface area contributed by atoms with Gasteiger partial charge < -0.3 is 9.64 Å². The van der Waals surface area contributed by atoms with Crippen LogP contribution >= 0.6 is 23.1 Å². The molecule has 2 aromatic rings. The molecule has 3 rings (SSSR count). The lowest BCUT2D eigenvalue weighted by Crippen LogP contribution is -2.44. The zero-order chi connectivity index (χ0) is 16.2. The number of aromatic nitrogens is 1. The number of benzene rings is 1. The Kier molecular flexibility index (Phi) is 5.35. The number of amides is 1. The van der Waals surface area contributed by atoms with Crippen LogP contribution in [0.1, 0.15) is 28.5 Å².